The normalized spacial score (nSPS) is 16.0. The summed E-state index contributed by atoms with van der Waals surface area (Å²) in [4.78, 5) is 2.15. The fraction of sp³-hybridized carbons (Fsp3) is 0.800. The highest BCUT2D eigenvalue weighted by Gasteiger charge is 2.28. The lowest BCUT2D eigenvalue weighted by molar-refractivity contribution is 0.478. The van der Waals surface area contributed by atoms with Crippen LogP contribution in [0.3, 0.4) is 0 Å². The van der Waals surface area contributed by atoms with Crippen LogP contribution in [0.1, 0.15) is 32.6 Å². The number of halogens is 1. The monoisotopic (exact) mass is 229 g/mol. The molecule has 1 saturated carbocycles. The van der Waals surface area contributed by atoms with E-state index in [4.69, 9.17) is 16.0 Å². The van der Waals surface area contributed by atoms with Gasteiger partial charge < -0.3 is 9.32 Å². The Bertz CT molecular complexity index is 322. The summed E-state index contributed by atoms with van der Waals surface area (Å²) in [6.45, 7) is 5.28. The molecule has 0 N–H and O–H groups in total. The van der Waals surface area contributed by atoms with E-state index in [1.54, 1.807) is 0 Å². The molecule has 15 heavy (non-hydrogen) atoms. The maximum Gasteiger partial charge on any atom is 0.318 e. The zero-order chi connectivity index (χ0) is 10.8. The van der Waals surface area contributed by atoms with Crippen molar-refractivity contribution in [2.24, 2.45) is 5.92 Å². The molecular weight excluding hydrogens is 214 g/mol. The van der Waals surface area contributed by atoms with E-state index in [-0.39, 0.29) is 5.88 Å². The first-order valence-corrected chi connectivity index (χ1v) is 5.89. The highest BCUT2D eigenvalue weighted by molar-refractivity contribution is 6.16. The number of aromatic nitrogens is 2. The molecule has 2 rings (SSSR count). The maximum atomic E-state index is 5.63. The Kier molecular flexibility index (Phi) is 3.14. The second kappa shape index (κ2) is 4.39. The summed E-state index contributed by atoms with van der Waals surface area (Å²) in [5.41, 5.74) is 0. The third kappa shape index (κ3) is 2.62. The molecule has 1 heterocycles. The van der Waals surface area contributed by atoms with E-state index in [0.717, 1.165) is 12.5 Å². The second-order valence-corrected chi connectivity index (χ2v) is 4.57. The van der Waals surface area contributed by atoms with Gasteiger partial charge in [-0.15, -0.1) is 16.7 Å². The van der Waals surface area contributed by atoms with Crippen LogP contribution in [0.5, 0.6) is 0 Å². The summed E-state index contributed by atoms with van der Waals surface area (Å²) in [5, 5.41) is 7.89. The van der Waals surface area contributed by atoms with Crippen molar-refractivity contribution < 1.29 is 4.42 Å². The number of anilines is 1. The average Bonchev–Trinajstić information content (AvgIpc) is 2.91. The predicted molar refractivity (Wildman–Crippen MR) is 59.1 cm³/mol. The Balaban J connectivity index is 2.07. The largest absolute Gasteiger partial charge is 0.407 e. The molecule has 0 unspecified atom stereocenters. The van der Waals surface area contributed by atoms with Crippen LogP contribution in [-0.2, 0) is 5.88 Å². The van der Waals surface area contributed by atoms with Crippen molar-refractivity contribution in [3.05, 3.63) is 5.89 Å². The highest BCUT2D eigenvalue weighted by Crippen LogP contribution is 2.31. The van der Waals surface area contributed by atoms with Gasteiger partial charge in [0.05, 0.1) is 0 Å². The quantitative estimate of drug-likeness (QED) is 0.728. The van der Waals surface area contributed by atoms with Crippen molar-refractivity contribution in [1.29, 1.82) is 0 Å². The van der Waals surface area contributed by atoms with Gasteiger partial charge in [-0.3, -0.25) is 0 Å². The minimum absolute atomic E-state index is 0.280. The van der Waals surface area contributed by atoms with E-state index >= 15 is 0 Å². The molecule has 1 aliphatic rings. The molecule has 0 atom stereocenters. The molecule has 5 heteroatoms. The molecule has 0 spiro atoms. The van der Waals surface area contributed by atoms with E-state index in [0.29, 0.717) is 17.9 Å². The van der Waals surface area contributed by atoms with Gasteiger partial charge in [-0.2, -0.15) is 0 Å². The fourth-order valence-corrected chi connectivity index (χ4v) is 1.61. The first-order chi connectivity index (χ1) is 7.20. The van der Waals surface area contributed by atoms with Gasteiger partial charge >= 0.3 is 6.01 Å². The molecule has 84 valence electrons. The lowest BCUT2D eigenvalue weighted by atomic mass is 10.3. The van der Waals surface area contributed by atoms with E-state index in [9.17, 15) is 0 Å². The van der Waals surface area contributed by atoms with E-state index < -0.39 is 0 Å². The van der Waals surface area contributed by atoms with Gasteiger partial charge in [-0.25, -0.2) is 0 Å². The molecule has 0 amide bonds. The molecule has 1 aliphatic carbocycles. The van der Waals surface area contributed by atoms with Crippen LogP contribution in [0.15, 0.2) is 4.42 Å². The fourth-order valence-electron chi connectivity index (χ4n) is 1.50. The van der Waals surface area contributed by atoms with Crippen LogP contribution < -0.4 is 4.90 Å². The van der Waals surface area contributed by atoms with Gasteiger partial charge in [-0.1, -0.05) is 5.10 Å². The first-order valence-electron chi connectivity index (χ1n) is 5.35. The van der Waals surface area contributed by atoms with Crippen LogP contribution >= 0.6 is 11.6 Å². The second-order valence-electron chi connectivity index (χ2n) is 4.30. The van der Waals surface area contributed by atoms with E-state index in [1.807, 2.05) is 0 Å². The molecule has 0 bridgehead atoms. The van der Waals surface area contributed by atoms with Crippen LogP contribution in [0.2, 0.25) is 0 Å². The minimum Gasteiger partial charge on any atom is -0.407 e. The van der Waals surface area contributed by atoms with Gasteiger partial charge in [0.25, 0.3) is 0 Å². The Hall–Kier alpha value is -0.770. The lowest BCUT2D eigenvalue weighted by Crippen LogP contribution is -2.33. The SMILES string of the molecule is CC(C)N(CC1CC1)c1nnc(CCl)o1. The zero-order valence-corrected chi connectivity index (χ0v) is 9.87. The summed E-state index contributed by atoms with van der Waals surface area (Å²) >= 11 is 5.63. The van der Waals surface area contributed by atoms with Gasteiger partial charge in [0.1, 0.15) is 5.88 Å². The zero-order valence-electron chi connectivity index (χ0n) is 9.11. The standard InChI is InChI=1S/C10H16ClN3O/c1-7(2)14(6-8-3-4-8)10-13-12-9(5-11)15-10/h7-8H,3-6H2,1-2H3. The maximum absolute atomic E-state index is 5.63. The summed E-state index contributed by atoms with van der Waals surface area (Å²) in [6, 6.07) is 0.988. The number of rotatable bonds is 5. The first kappa shape index (κ1) is 10.7. The molecule has 1 aromatic heterocycles. The highest BCUT2D eigenvalue weighted by atomic mass is 35.5. The summed E-state index contributed by atoms with van der Waals surface area (Å²) in [5.74, 6) is 1.58. The van der Waals surface area contributed by atoms with Crippen molar-refractivity contribution in [2.45, 2.75) is 38.6 Å². The third-order valence-electron chi connectivity index (χ3n) is 2.59. The lowest BCUT2D eigenvalue weighted by Gasteiger charge is -2.23. The Morgan fingerprint density at radius 3 is 2.67 bits per heavy atom. The Morgan fingerprint density at radius 1 is 1.47 bits per heavy atom. The molecule has 4 nitrogen and oxygen atoms in total. The molecule has 1 fully saturated rings. The van der Waals surface area contributed by atoms with Crippen molar-refractivity contribution in [2.75, 3.05) is 11.4 Å². The van der Waals surface area contributed by atoms with Gasteiger partial charge in [0.15, 0.2) is 0 Å². The van der Waals surface area contributed by atoms with E-state index in [1.165, 1.54) is 12.8 Å². The van der Waals surface area contributed by atoms with Crippen LogP contribution in [0.25, 0.3) is 0 Å². The van der Waals surface area contributed by atoms with Crippen LogP contribution in [0, 0.1) is 5.92 Å². The number of alkyl halides is 1. The summed E-state index contributed by atoms with van der Waals surface area (Å²) in [7, 11) is 0. The average molecular weight is 230 g/mol. The smallest absolute Gasteiger partial charge is 0.318 e. The molecule has 0 saturated heterocycles. The number of hydrogen-bond donors (Lipinski definition) is 0. The predicted octanol–water partition coefficient (Wildman–Crippen LogP) is 2.43. The Labute approximate surface area is 94.6 Å². The minimum atomic E-state index is 0.280. The van der Waals surface area contributed by atoms with Crippen molar-refractivity contribution in [1.82, 2.24) is 10.2 Å². The Morgan fingerprint density at radius 2 is 2.20 bits per heavy atom. The van der Waals surface area contributed by atoms with Gasteiger partial charge in [0, 0.05) is 12.6 Å². The summed E-state index contributed by atoms with van der Waals surface area (Å²) in [6.07, 6.45) is 2.64. The molecular formula is C10H16ClN3O. The van der Waals surface area contributed by atoms with Crippen LogP contribution in [-0.4, -0.2) is 22.8 Å². The van der Waals surface area contributed by atoms with Gasteiger partial charge in [-0.05, 0) is 32.6 Å². The molecule has 0 aromatic carbocycles. The molecule has 0 radical (unpaired) electrons. The third-order valence-corrected chi connectivity index (χ3v) is 2.82. The van der Waals surface area contributed by atoms with Crippen molar-refractivity contribution in [3.63, 3.8) is 0 Å². The van der Waals surface area contributed by atoms with Gasteiger partial charge in [0.2, 0.25) is 5.89 Å². The summed E-state index contributed by atoms with van der Waals surface area (Å²) < 4.78 is 5.46. The van der Waals surface area contributed by atoms with Crippen LogP contribution in [0.4, 0.5) is 6.01 Å². The van der Waals surface area contributed by atoms with Crippen molar-refractivity contribution >= 4 is 17.6 Å². The molecule has 1 aromatic rings. The number of hydrogen-bond acceptors (Lipinski definition) is 4. The molecule has 0 aliphatic heterocycles. The topological polar surface area (TPSA) is 42.2 Å². The number of nitrogens with zero attached hydrogens (tertiary/aromatic N) is 3. The van der Waals surface area contributed by atoms with E-state index in [2.05, 4.69) is 28.9 Å². The van der Waals surface area contributed by atoms with Crippen molar-refractivity contribution in [3.8, 4) is 0 Å².